The van der Waals surface area contributed by atoms with Crippen molar-refractivity contribution in [3.63, 3.8) is 0 Å². The lowest BCUT2D eigenvalue weighted by molar-refractivity contribution is -0.0789. The monoisotopic (exact) mass is 274 g/mol. The molecule has 0 spiro atoms. The average molecular weight is 275 g/mol. The fourth-order valence-electron chi connectivity index (χ4n) is 2.27. The molecule has 1 aromatic rings. The van der Waals surface area contributed by atoms with Crippen molar-refractivity contribution in [2.24, 2.45) is 0 Å². The minimum Gasteiger partial charge on any atom is -0.373 e. The third kappa shape index (κ3) is 3.19. The number of aromatic nitrogens is 1. The maximum absolute atomic E-state index is 5.79. The van der Waals surface area contributed by atoms with Crippen molar-refractivity contribution in [2.75, 3.05) is 13.1 Å². The summed E-state index contributed by atoms with van der Waals surface area (Å²) in [6, 6.07) is 0.353. The molecule has 0 bridgehead atoms. The van der Waals surface area contributed by atoms with Crippen molar-refractivity contribution < 1.29 is 4.74 Å². The minimum atomic E-state index is 0.300. The van der Waals surface area contributed by atoms with Crippen LogP contribution < -0.4 is 0 Å². The second kappa shape index (κ2) is 5.65. The Labute approximate surface area is 112 Å². The minimum absolute atomic E-state index is 0.300. The molecule has 0 saturated carbocycles. The van der Waals surface area contributed by atoms with Gasteiger partial charge in [0.05, 0.1) is 29.8 Å². The van der Waals surface area contributed by atoms with E-state index in [0.29, 0.717) is 24.1 Å². The van der Waals surface area contributed by atoms with Gasteiger partial charge in [0.25, 0.3) is 0 Å². The third-order valence-corrected chi connectivity index (χ3v) is 4.40. The second-order valence-electron chi connectivity index (χ2n) is 4.70. The van der Waals surface area contributed by atoms with E-state index >= 15 is 0 Å². The molecule has 2 heterocycles. The molecule has 0 aromatic carbocycles. The first-order valence-electron chi connectivity index (χ1n) is 6.00. The molecule has 0 radical (unpaired) electrons. The molecular formula is C12H19ClN2OS. The predicted molar refractivity (Wildman–Crippen MR) is 71.7 cm³/mol. The largest absolute Gasteiger partial charge is 0.373 e. The standard InChI is InChI=1S/C12H19ClN2OS/c1-8-5-15(6-9(2)16-8)10(3)12-14-11(4-13)7-17-12/h7-10H,4-6H2,1-3H3/t8-,9+,10?. The van der Waals surface area contributed by atoms with Crippen LogP contribution in [-0.2, 0) is 10.6 Å². The molecule has 17 heavy (non-hydrogen) atoms. The summed E-state index contributed by atoms with van der Waals surface area (Å²) in [6.07, 6.45) is 0.599. The van der Waals surface area contributed by atoms with Gasteiger partial charge in [-0.25, -0.2) is 4.98 Å². The van der Waals surface area contributed by atoms with Gasteiger partial charge in [-0.1, -0.05) is 0 Å². The van der Waals surface area contributed by atoms with Gasteiger partial charge in [0, 0.05) is 18.5 Å². The topological polar surface area (TPSA) is 25.4 Å². The van der Waals surface area contributed by atoms with E-state index in [0.717, 1.165) is 23.8 Å². The van der Waals surface area contributed by atoms with Gasteiger partial charge in [-0.15, -0.1) is 22.9 Å². The summed E-state index contributed by atoms with van der Waals surface area (Å²) in [5.74, 6) is 0.499. The number of nitrogens with zero attached hydrogens (tertiary/aromatic N) is 2. The van der Waals surface area contributed by atoms with Crippen LogP contribution in [0, 0.1) is 0 Å². The van der Waals surface area contributed by atoms with Crippen LogP contribution >= 0.6 is 22.9 Å². The normalized spacial score (nSPS) is 28.2. The fraction of sp³-hybridized carbons (Fsp3) is 0.750. The highest BCUT2D eigenvalue weighted by Gasteiger charge is 2.27. The van der Waals surface area contributed by atoms with Crippen LogP contribution in [0.15, 0.2) is 5.38 Å². The van der Waals surface area contributed by atoms with Crippen LogP contribution in [0.5, 0.6) is 0 Å². The molecule has 96 valence electrons. The molecule has 1 unspecified atom stereocenters. The smallest absolute Gasteiger partial charge is 0.110 e. The third-order valence-electron chi connectivity index (χ3n) is 3.06. The van der Waals surface area contributed by atoms with Crippen LogP contribution in [0.25, 0.3) is 0 Å². The molecule has 1 aliphatic rings. The maximum atomic E-state index is 5.79. The van der Waals surface area contributed by atoms with Crippen LogP contribution in [0.4, 0.5) is 0 Å². The maximum Gasteiger partial charge on any atom is 0.110 e. The van der Waals surface area contributed by atoms with Crippen molar-refractivity contribution in [1.29, 1.82) is 0 Å². The lowest BCUT2D eigenvalue weighted by atomic mass is 10.2. The van der Waals surface area contributed by atoms with Crippen molar-refractivity contribution in [3.8, 4) is 0 Å². The predicted octanol–water partition coefficient (Wildman–Crippen LogP) is 3.05. The van der Waals surface area contributed by atoms with E-state index in [2.05, 4.69) is 30.7 Å². The number of rotatable bonds is 3. The van der Waals surface area contributed by atoms with Crippen LogP contribution in [-0.4, -0.2) is 35.2 Å². The van der Waals surface area contributed by atoms with Crippen molar-refractivity contribution >= 4 is 22.9 Å². The van der Waals surface area contributed by atoms with Gasteiger partial charge < -0.3 is 4.74 Å². The Morgan fingerprint density at radius 3 is 2.71 bits per heavy atom. The van der Waals surface area contributed by atoms with Crippen molar-refractivity contribution in [2.45, 2.75) is 44.9 Å². The summed E-state index contributed by atoms with van der Waals surface area (Å²) >= 11 is 7.49. The SMILES string of the molecule is CC(c1nc(CCl)cs1)N1C[C@@H](C)O[C@@H](C)C1. The van der Waals surface area contributed by atoms with E-state index in [4.69, 9.17) is 16.3 Å². The van der Waals surface area contributed by atoms with Gasteiger partial charge in [-0.05, 0) is 20.8 Å². The summed E-state index contributed by atoms with van der Waals surface area (Å²) in [5, 5.41) is 3.20. The summed E-state index contributed by atoms with van der Waals surface area (Å²) in [5.41, 5.74) is 0.980. The number of thiazole rings is 1. The number of hydrogen-bond acceptors (Lipinski definition) is 4. The zero-order valence-electron chi connectivity index (χ0n) is 10.5. The van der Waals surface area contributed by atoms with Crippen molar-refractivity contribution in [1.82, 2.24) is 9.88 Å². The Balaban J connectivity index is 2.05. The Hall–Kier alpha value is -0.160. The Bertz CT molecular complexity index is 361. The zero-order chi connectivity index (χ0) is 12.4. The fourth-order valence-corrected chi connectivity index (χ4v) is 3.40. The van der Waals surface area contributed by atoms with Gasteiger partial charge >= 0.3 is 0 Å². The Morgan fingerprint density at radius 2 is 2.18 bits per heavy atom. The molecule has 2 rings (SSSR count). The second-order valence-corrected chi connectivity index (χ2v) is 5.85. The number of morpholine rings is 1. The lowest BCUT2D eigenvalue weighted by Crippen LogP contribution is -2.46. The van der Waals surface area contributed by atoms with E-state index in [1.165, 1.54) is 0 Å². The van der Waals surface area contributed by atoms with Crippen molar-refractivity contribution in [3.05, 3.63) is 16.1 Å². The van der Waals surface area contributed by atoms with Gasteiger partial charge in [0.1, 0.15) is 5.01 Å². The molecule has 0 N–H and O–H groups in total. The highest BCUT2D eigenvalue weighted by Crippen LogP contribution is 2.27. The van der Waals surface area contributed by atoms with Crippen LogP contribution in [0.3, 0.4) is 0 Å². The molecule has 0 amide bonds. The lowest BCUT2D eigenvalue weighted by Gasteiger charge is -2.38. The molecule has 1 aromatic heterocycles. The van der Waals surface area contributed by atoms with Crippen LogP contribution in [0.2, 0.25) is 0 Å². The van der Waals surface area contributed by atoms with E-state index in [9.17, 15) is 0 Å². The highest BCUT2D eigenvalue weighted by atomic mass is 35.5. The molecular weight excluding hydrogens is 256 g/mol. The Kier molecular flexibility index (Phi) is 4.42. The Morgan fingerprint density at radius 1 is 1.53 bits per heavy atom. The number of halogens is 1. The van der Waals surface area contributed by atoms with Gasteiger partial charge in [0.2, 0.25) is 0 Å². The first-order chi connectivity index (χ1) is 8.10. The molecule has 3 atom stereocenters. The molecule has 1 saturated heterocycles. The molecule has 1 fully saturated rings. The number of alkyl halides is 1. The summed E-state index contributed by atoms with van der Waals surface area (Å²) in [7, 11) is 0. The van der Waals surface area contributed by atoms with Gasteiger partial charge in [-0.2, -0.15) is 0 Å². The summed E-state index contributed by atoms with van der Waals surface area (Å²) < 4.78 is 5.75. The number of ether oxygens (including phenoxy) is 1. The first-order valence-corrected chi connectivity index (χ1v) is 7.41. The van der Waals surface area contributed by atoms with Gasteiger partial charge in [-0.3, -0.25) is 4.90 Å². The molecule has 5 heteroatoms. The molecule has 1 aliphatic heterocycles. The summed E-state index contributed by atoms with van der Waals surface area (Å²) in [6.45, 7) is 8.41. The average Bonchev–Trinajstić information content (AvgIpc) is 2.75. The molecule has 0 aliphatic carbocycles. The summed E-state index contributed by atoms with van der Waals surface area (Å²) in [4.78, 5) is 7.00. The quantitative estimate of drug-likeness (QED) is 0.792. The zero-order valence-corrected chi connectivity index (χ0v) is 12.1. The first kappa shape index (κ1) is 13.3. The van der Waals surface area contributed by atoms with E-state index in [1.807, 2.05) is 5.38 Å². The van der Waals surface area contributed by atoms with E-state index in [-0.39, 0.29) is 0 Å². The number of hydrogen-bond donors (Lipinski definition) is 0. The van der Waals surface area contributed by atoms with Crippen LogP contribution in [0.1, 0.15) is 37.5 Å². The highest BCUT2D eigenvalue weighted by molar-refractivity contribution is 7.09. The van der Waals surface area contributed by atoms with Gasteiger partial charge in [0.15, 0.2) is 0 Å². The van der Waals surface area contributed by atoms with E-state index in [1.54, 1.807) is 11.3 Å². The van der Waals surface area contributed by atoms with E-state index < -0.39 is 0 Å². The molecule has 3 nitrogen and oxygen atoms in total.